The van der Waals surface area contributed by atoms with E-state index in [4.69, 9.17) is 0 Å². The second kappa shape index (κ2) is 6.69. The van der Waals surface area contributed by atoms with E-state index in [0.717, 1.165) is 3.57 Å². The van der Waals surface area contributed by atoms with Crippen LogP contribution in [0.25, 0.3) is 0 Å². The summed E-state index contributed by atoms with van der Waals surface area (Å²) in [7, 11) is 0. The molecule has 1 N–H and O–H groups in total. The van der Waals surface area contributed by atoms with E-state index in [1.54, 1.807) is 18.2 Å². The summed E-state index contributed by atoms with van der Waals surface area (Å²) in [5.41, 5.74) is -3.34. The normalized spacial score (nSPS) is 11.2. The van der Waals surface area contributed by atoms with Gasteiger partial charge in [0.1, 0.15) is 0 Å². The second-order valence-electron chi connectivity index (χ2n) is 4.01. The van der Waals surface area contributed by atoms with Gasteiger partial charge in [-0.25, -0.2) is 0 Å². The zero-order chi connectivity index (χ0) is 15.5. The fourth-order valence-corrected chi connectivity index (χ4v) is 2.76. The summed E-state index contributed by atoms with van der Waals surface area (Å²) < 4.78 is 37.4. The number of amides is 1. The Morgan fingerprint density at radius 3 is 2.24 bits per heavy atom. The van der Waals surface area contributed by atoms with Gasteiger partial charge in [0.05, 0.1) is 5.56 Å². The Morgan fingerprint density at radius 2 is 1.67 bits per heavy atom. The van der Waals surface area contributed by atoms with Gasteiger partial charge < -0.3 is 5.32 Å². The number of hydrogen-bond acceptors (Lipinski definition) is 2. The van der Waals surface area contributed by atoms with E-state index in [9.17, 15) is 18.0 Å². The van der Waals surface area contributed by atoms with Gasteiger partial charge in [0.25, 0.3) is 5.91 Å². The zero-order valence-corrected chi connectivity index (χ0v) is 13.4. The van der Waals surface area contributed by atoms with Crippen LogP contribution in [-0.2, 0) is 0 Å². The van der Waals surface area contributed by atoms with Gasteiger partial charge in [0.15, 0.2) is 0 Å². The third-order valence-electron chi connectivity index (χ3n) is 2.46. The number of nitrogens with one attached hydrogen (secondary N) is 1. The number of carbonyl (C=O) groups is 1. The van der Waals surface area contributed by atoms with Gasteiger partial charge in [0.2, 0.25) is 0 Å². The van der Waals surface area contributed by atoms with Crippen molar-refractivity contribution in [1.29, 1.82) is 0 Å². The van der Waals surface area contributed by atoms with Crippen molar-refractivity contribution >= 4 is 45.9 Å². The lowest BCUT2D eigenvalue weighted by Crippen LogP contribution is -2.13. The van der Waals surface area contributed by atoms with Crippen LogP contribution < -0.4 is 5.32 Å². The molecular weight excluding hydrogens is 414 g/mol. The van der Waals surface area contributed by atoms with Crippen molar-refractivity contribution in [2.75, 3.05) is 5.32 Å². The van der Waals surface area contributed by atoms with Crippen molar-refractivity contribution in [3.8, 4) is 0 Å². The van der Waals surface area contributed by atoms with Gasteiger partial charge in [-0.15, -0.1) is 0 Å². The number of benzene rings is 2. The van der Waals surface area contributed by atoms with Crippen molar-refractivity contribution in [3.63, 3.8) is 0 Å². The van der Waals surface area contributed by atoms with E-state index in [0.29, 0.717) is 11.3 Å². The smallest absolute Gasteiger partial charge is 0.322 e. The molecule has 7 heteroatoms. The minimum absolute atomic E-state index is 0.0785. The van der Waals surface area contributed by atoms with Crippen LogP contribution in [0.1, 0.15) is 10.4 Å². The molecule has 2 rings (SSSR count). The quantitative estimate of drug-likeness (QED) is 0.546. The molecule has 2 nitrogen and oxygen atoms in total. The van der Waals surface area contributed by atoms with E-state index >= 15 is 0 Å². The molecule has 2 aromatic carbocycles. The summed E-state index contributed by atoms with van der Waals surface area (Å²) in [6, 6.07) is 12.6. The molecule has 110 valence electrons. The number of thioether (sulfide) groups is 1. The van der Waals surface area contributed by atoms with Crippen LogP contribution in [0.15, 0.2) is 53.4 Å². The molecule has 0 aliphatic rings. The SMILES string of the molecule is O=C(Nc1ccc(SC(F)(F)F)cc1)c1ccccc1I. The largest absolute Gasteiger partial charge is 0.446 e. The first-order chi connectivity index (χ1) is 9.85. The molecule has 1 amide bonds. The Hall–Kier alpha value is -1.22. The monoisotopic (exact) mass is 423 g/mol. The maximum Gasteiger partial charge on any atom is 0.446 e. The molecule has 0 aliphatic heterocycles. The van der Waals surface area contributed by atoms with Crippen LogP contribution in [0.4, 0.5) is 18.9 Å². The topological polar surface area (TPSA) is 29.1 Å². The molecular formula is C14H9F3INOS. The number of carbonyl (C=O) groups excluding carboxylic acids is 1. The molecule has 0 aromatic heterocycles. The van der Waals surface area contributed by atoms with Gasteiger partial charge in [-0.3, -0.25) is 4.79 Å². The summed E-state index contributed by atoms with van der Waals surface area (Å²) in [5.74, 6) is -0.295. The summed E-state index contributed by atoms with van der Waals surface area (Å²) in [6.07, 6.45) is 0. The number of halogens is 4. The maximum absolute atomic E-state index is 12.2. The molecule has 2 aromatic rings. The Labute approximate surface area is 137 Å². The van der Waals surface area contributed by atoms with E-state index in [2.05, 4.69) is 5.32 Å². The molecule has 0 fully saturated rings. The third kappa shape index (κ3) is 4.92. The van der Waals surface area contributed by atoms with Crippen LogP contribution in [-0.4, -0.2) is 11.4 Å². The first kappa shape index (κ1) is 16.2. The molecule has 0 saturated heterocycles. The average Bonchev–Trinajstić information content (AvgIpc) is 2.40. The summed E-state index contributed by atoms with van der Waals surface area (Å²) in [4.78, 5) is 12.1. The molecule has 0 unspecified atom stereocenters. The van der Waals surface area contributed by atoms with Crippen LogP contribution in [0.5, 0.6) is 0 Å². The van der Waals surface area contributed by atoms with Gasteiger partial charge in [0, 0.05) is 14.2 Å². The average molecular weight is 423 g/mol. The number of hydrogen-bond donors (Lipinski definition) is 1. The second-order valence-corrected chi connectivity index (χ2v) is 6.31. The molecule has 0 bridgehead atoms. The van der Waals surface area contributed by atoms with Crippen LogP contribution in [0, 0.1) is 3.57 Å². The lowest BCUT2D eigenvalue weighted by molar-refractivity contribution is -0.0328. The highest BCUT2D eigenvalue weighted by atomic mass is 127. The minimum atomic E-state index is -4.31. The first-order valence-corrected chi connectivity index (χ1v) is 7.66. The fourth-order valence-electron chi connectivity index (χ4n) is 1.58. The van der Waals surface area contributed by atoms with Crippen molar-refractivity contribution in [2.45, 2.75) is 10.4 Å². The minimum Gasteiger partial charge on any atom is -0.322 e. The Kier molecular flexibility index (Phi) is 5.15. The van der Waals surface area contributed by atoms with Crippen LogP contribution in [0.3, 0.4) is 0 Å². The van der Waals surface area contributed by atoms with Gasteiger partial charge in [-0.2, -0.15) is 13.2 Å². The summed E-state index contributed by atoms with van der Waals surface area (Å²) in [6.45, 7) is 0. The van der Waals surface area contributed by atoms with Crippen molar-refractivity contribution < 1.29 is 18.0 Å². The molecule has 0 spiro atoms. The molecule has 21 heavy (non-hydrogen) atoms. The number of rotatable bonds is 3. The Bertz CT molecular complexity index is 643. The predicted octanol–water partition coefficient (Wildman–Crippen LogP) is 5.16. The maximum atomic E-state index is 12.2. The summed E-state index contributed by atoms with van der Waals surface area (Å²) in [5, 5.41) is 2.65. The molecule has 0 radical (unpaired) electrons. The Balaban J connectivity index is 2.07. The van der Waals surface area contributed by atoms with Gasteiger partial charge in [-0.05, 0) is 70.8 Å². The molecule has 0 atom stereocenters. The lowest BCUT2D eigenvalue weighted by Gasteiger charge is -2.08. The van der Waals surface area contributed by atoms with Crippen molar-refractivity contribution in [2.24, 2.45) is 0 Å². The van der Waals surface area contributed by atoms with Crippen molar-refractivity contribution in [3.05, 3.63) is 57.7 Å². The lowest BCUT2D eigenvalue weighted by atomic mass is 10.2. The third-order valence-corrected chi connectivity index (χ3v) is 4.14. The highest BCUT2D eigenvalue weighted by Gasteiger charge is 2.29. The first-order valence-electron chi connectivity index (χ1n) is 5.77. The highest BCUT2D eigenvalue weighted by Crippen LogP contribution is 2.37. The number of alkyl halides is 3. The number of anilines is 1. The zero-order valence-electron chi connectivity index (χ0n) is 10.4. The van der Waals surface area contributed by atoms with Crippen LogP contribution in [0.2, 0.25) is 0 Å². The van der Waals surface area contributed by atoms with Crippen molar-refractivity contribution in [1.82, 2.24) is 0 Å². The summed E-state index contributed by atoms with van der Waals surface area (Å²) >= 11 is 1.86. The van der Waals surface area contributed by atoms with E-state index in [1.807, 2.05) is 28.7 Å². The van der Waals surface area contributed by atoms with Crippen LogP contribution >= 0.6 is 34.4 Å². The fraction of sp³-hybridized carbons (Fsp3) is 0.0714. The molecule has 0 aliphatic carbocycles. The molecule has 0 saturated carbocycles. The highest BCUT2D eigenvalue weighted by molar-refractivity contribution is 14.1. The van der Waals surface area contributed by atoms with E-state index < -0.39 is 5.51 Å². The van der Waals surface area contributed by atoms with Gasteiger partial charge >= 0.3 is 5.51 Å². The standard InChI is InChI=1S/C14H9F3INOS/c15-14(16,17)21-10-7-5-9(6-8-10)19-13(20)11-3-1-2-4-12(11)18/h1-8H,(H,19,20). The molecule has 0 heterocycles. The van der Waals surface area contributed by atoms with E-state index in [1.165, 1.54) is 24.3 Å². The van der Waals surface area contributed by atoms with E-state index in [-0.39, 0.29) is 22.6 Å². The predicted molar refractivity (Wildman–Crippen MR) is 85.5 cm³/mol. The van der Waals surface area contributed by atoms with Gasteiger partial charge in [-0.1, -0.05) is 12.1 Å². The Morgan fingerprint density at radius 1 is 1.05 bits per heavy atom.